The van der Waals surface area contributed by atoms with E-state index < -0.39 is 23.5 Å². The van der Waals surface area contributed by atoms with Crippen molar-refractivity contribution >= 4 is 0 Å². The standard InChI is InChI=1S/C16H17F3N2/c1-9-5-10(2)16(14(19)6-9)15(21-20)7-11-3-4-12(17)8-13(11)18/h3-6,8,15,21H,7,20H2,1-2H3. The van der Waals surface area contributed by atoms with Crippen LogP contribution in [0.4, 0.5) is 13.2 Å². The van der Waals surface area contributed by atoms with E-state index in [-0.39, 0.29) is 12.0 Å². The van der Waals surface area contributed by atoms with Crippen LogP contribution in [-0.2, 0) is 6.42 Å². The van der Waals surface area contributed by atoms with Crippen molar-refractivity contribution in [2.75, 3.05) is 0 Å². The van der Waals surface area contributed by atoms with Crippen LogP contribution in [0.25, 0.3) is 0 Å². The average molecular weight is 294 g/mol. The van der Waals surface area contributed by atoms with Gasteiger partial charge in [0, 0.05) is 11.6 Å². The van der Waals surface area contributed by atoms with Crippen LogP contribution in [0.1, 0.15) is 28.3 Å². The van der Waals surface area contributed by atoms with E-state index in [0.717, 1.165) is 17.2 Å². The lowest BCUT2D eigenvalue weighted by Gasteiger charge is -2.20. The number of aryl methyl sites for hydroxylation is 2. The van der Waals surface area contributed by atoms with Gasteiger partial charge in [0.1, 0.15) is 17.5 Å². The van der Waals surface area contributed by atoms with Crippen LogP contribution in [0.2, 0.25) is 0 Å². The first-order valence-electron chi connectivity index (χ1n) is 6.59. The molecule has 21 heavy (non-hydrogen) atoms. The molecule has 0 saturated carbocycles. The molecule has 0 amide bonds. The van der Waals surface area contributed by atoms with E-state index in [0.29, 0.717) is 5.56 Å². The third-order valence-electron chi connectivity index (χ3n) is 3.47. The number of nitrogens with two attached hydrogens (primary N) is 1. The van der Waals surface area contributed by atoms with Crippen molar-refractivity contribution < 1.29 is 13.2 Å². The molecule has 0 aliphatic heterocycles. The highest BCUT2D eigenvalue weighted by Gasteiger charge is 2.19. The molecule has 0 aliphatic rings. The summed E-state index contributed by atoms with van der Waals surface area (Å²) in [4.78, 5) is 0. The first kappa shape index (κ1) is 15.5. The highest BCUT2D eigenvalue weighted by Crippen LogP contribution is 2.26. The predicted octanol–water partition coefficient (Wildman–Crippen LogP) is 3.47. The SMILES string of the molecule is Cc1cc(C)c(C(Cc2ccc(F)cc2F)NN)c(F)c1. The summed E-state index contributed by atoms with van der Waals surface area (Å²) in [5, 5.41) is 0. The van der Waals surface area contributed by atoms with E-state index in [4.69, 9.17) is 5.84 Å². The Morgan fingerprint density at radius 3 is 2.33 bits per heavy atom. The van der Waals surface area contributed by atoms with Crippen LogP contribution in [0, 0.1) is 31.3 Å². The number of halogens is 3. The van der Waals surface area contributed by atoms with E-state index in [1.807, 2.05) is 6.07 Å². The number of hydrogen-bond acceptors (Lipinski definition) is 2. The van der Waals surface area contributed by atoms with Gasteiger partial charge in [0.25, 0.3) is 0 Å². The molecule has 1 atom stereocenters. The predicted molar refractivity (Wildman–Crippen MR) is 76.0 cm³/mol. The van der Waals surface area contributed by atoms with Crippen LogP contribution < -0.4 is 11.3 Å². The third-order valence-corrected chi connectivity index (χ3v) is 3.47. The fourth-order valence-electron chi connectivity index (χ4n) is 2.52. The highest BCUT2D eigenvalue weighted by atomic mass is 19.1. The molecule has 0 fully saturated rings. The van der Waals surface area contributed by atoms with Gasteiger partial charge in [-0.2, -0.15) is 0 Å². The van der Waals surface area contributed by atoms with Gasteiger partial charge in [-0.15, -0.1) is 0 Å². The van der Waals surface area contributed by atoms with Gasteiger partial charge in [0.05, 0.1) is 6.04 Å². The molecule has 2 aromatic carbocycles. The van der Waals surface area contributed by atoms with Gasteiger partial charge in [-0.25, -0.2) is 13.2 Å². The Bertz CT molecular complexity index is 633. The molecule has 3 N–H and O–H groups in total. The third kappa shape index (κ3) is 3.43. The van der Waals surface area contributed by atoms with Crippen molar-refractivity contribution in [3.05, 3.63) is 70.0 Å². The van der Waals surface area contributed by atoms with E-state index in [2.05, 4.69) is 5.43 Å². The van der Waals surface area contributed by atoms with Gasteiger partial charge in [0.2, 0.25) is 0 Å². The summed E-state index contributed by atoms with van der Waals surface area (Å²) < 4.78 is 40.8. The maximum absolute atomic E-state index is 14.2. The smallest absolute Gasteiger partial charge is 0.129 e. The molecule has 0 aromatic heterocycles. The maximum atomic E-state index is 14.2. The number of rotatable bonds is 4. The van der Waals surface area contributed by atoms with Crippen LogP contribution in [-0.4, -0.2) is 0 Å². The number of hydrazine groups is 1. The van der Waals surface area contributed by atoms with Gasteiger partial charge < -0.3 is 0 Å². The summed E-state index contributed by atoms with van der Waals surface area (Å²) in [6.45, 7) is 3.57. The number of hydrogen-bond donors (Lipinski definition) is 2. The van der Waals surface area contributed by atoms with Gasteiger partial charge in [0.15, 0.2) is 0 Å². The molecule has 112 valence electrons. The van der Waals surface area contributed by atoms with Crippen LogP contribution in [0.5, 0.6) is 0 Å². The normalized spacial score (nSPS) is 12.5. The summed E-state index contributed by atoms with van der Waals surface area (Å²) in [7, 11) is 0. The summed E-state index contributed by atoms with van der Waals surface area (Å²) in [5.41, 5.74) is 4.72. The minimum absolute atomic E-state index is 0.128. The van der Waals surface area contributed by atoms with Gasteiger partial charge in [-0.3, -0.25) is 11.3 Å². The quantitative estimate of drug-likeness (QED) is 0.669. The maximum Gasteiger partial charge on any atom is 0.129 e. The van der Waals surface area contributed by atoms with Gasteiger partial charge >= 0.3 is 0 Å². The Kier molecular flexibility index (Phi) is 4.65. The molecule has 0 bridgehead atoms. The molecule has 2 rings (SSSR count). The van der Waals surface area contributed by atoms with E-state index >= 15 is 0 Å². The summed E-state index contributed by atoms with van der Waals surface area (Å²) in [6.07, 6.45) is 0.128. The van der Waals surface area contributed by atoms with E-state index in [1.54, 1.807) is 13.8 Å². The molecule has 0 aliphatic carbocycles. The van der Waals surface area contributed by atoms with Crippen molar-refractivity contribution in [2.45, 2.75) is 26.3 Å². The lowest BCUT2D eigenvalue weighted by molar-refractivity contribution is 0.493. The van der Waals surface area contributed by atoms with E-state index in [9.17, 15) is 13.2 Å². The van der Waals surface area contributed by atoms with Crippen LogP contribution in [0.15, 0.2) is 30.3 Å². The zero-order valence-corrected chi connectivity index (χ0v) is 11.9. The van der Waals surface area contributed by atoms with Crippen molar-refractivity contribution in [3.8, 4) is 0 Å². The molecule has 0 heterocycles. The Labute approximate surface area is 121 Å². The Morgan fingerprint density at radius 1 is 1.05 bits per heavy atom. The van der Waals surface area contributed by atoms with E-state index in [1.165, 1.54) is 18.2 Å². The lowest BCUT2D eigenvalue weighted by atomic mass is 9.94. The molecule has 5 heteroatoms. The van der Waals surface area contributed by atoms with Gasteiger partial charge in [-0.05, 0) is 49.1 Å². The molecule has 2 nitrogen and oxygen atoms in total. The summed E-state index contributed by atoms with van der Waals surface area (Å²) in [5.74, 6) is 3.79. The fraction of sp³-hybridized carbons (Fsp3) is 0.250. The molecular weight excluding hydrogens is 277 g/mol. The average Bonchev–Trinajstić information content (AvgIpc) is 2.39. The van der Waals surface area contributed by atoms with Crippen molar-refractivity contribution in [1.29, 1.82) is 0 Å². The summed E-state index contributed by atoms with van der Waals surface area (Å²) in [6, 6.07) is 5.98. The minimum Gasteiger partial charge on any atom is -0.271 e. The Morgan fingerprint density at radius 2 is 1.76 bits per heavy atom. The molecule has 0 saturated heterocycles. The molecular formula is C16H17F3N2. The Hall–Kier alpha value is -1.85. The first-order chi connectivity index (χ1) is 9.92. The monoisotopic (exact) mass is 294 g/mol. The lowest BCUT2D eigenvalue weighted by Crippen LogP contribution is -2.31. The second-order valence-electron chi connectivity index (χ2n) is 5.14. The van der Waals surface area contributed by atoms with Crippen molar-refractivity contribution in [2.24, 2.45) is 5.84 Å². The zero-order valence-electron chi connectivity index (χ0n) is 11.9. The van der Waals surface area contributed by atoms with Crippen molar-refractivity contribution in [1.82, 2.24) is 5.43 Å². The summed E-state index contributed by atoms with van der Waals surface area (Å²) >= 11 is 0. The van der Waals surface area contributed by atoms with Crippen LogP contribution in [0.3, 0.4) is 0 Å². The number of nitrogens with one attached hydrogen (secondary N) is 1. The van der Waals surface area contributed by atoms with Gasteiger partial charge in [-0.1, -0.05) is 12.1 Å². The largest absolute Gasteiger partial charge is 0.271 e. The fourth-order valence-corrected chi connectivity index (χ4v) is 2.52. The Balaban J connectivity index is 2.37. The second kappa shape index (κ2) is 6.28. The molecule has 0 radical (unpaired) electrons. The molecule has 2 aromatic rings. The topological polar surface area (TPSA) is 38.0 Å². The highest BCUT2D eigenvalue weighted by molar-refractivity contribution is 5.35. The van der Waals surface area contributed by atoms with Crippen LogP contribution >= 0.6 is 0 Å². The number of benzene rings is 2. The minimum atomic E-state index is -0.666. The second-order valence-corrected chi connectivity index (χ2v) is 5.14. The van der Waals surface area contributed by atoms with Crippen molar-refractivity contribution in [3.63, 3.8) is 0 Å². The molecule has 1 unspecified atom stereocenters. The zero-order chi connectivity index (χ0) is 15.6. The molecule has 0 spiro atoms. The first-order valence-corrected chi connectivity index (χ1v) is 6.59.